The average Bonchev–Trinajstić information content (AvgIpc) is 2.30. The van der Waals surface area contributed by atoms with Crippen molar-refractivity contribution in [3.05, 3.63) is 29.8 Å². The summed E-state index contributed by atoms with van der Waals surface area (Å²) in [6, 6.07) is 7.65. The molecule has 0 fully saturated rings. The number of nitrogens with zero attached hydrogens (tertiary/aromatic N) is 1. The van der Waals surface area contributed by atoms with Gasteiger partial charge >= 0.3 is 0 Å². The minimum atomic E-state index is -2.90. The second kappa shape index (κ2) is 6.75. The Bertz CT molecular complexity index is 472. The Morgan fingerprint density at radius 2 is 1.89 bits per heavy atom. The quantitative estimate of drug-likeness (QED) is 0.763. The molecule has 5 heteroatoms. The Hall–Kier alpha value is -1.07. The topological polar surface area (TPSA) is 63.4 Å². The molecular weight excluding hydrogens is 248 g/mol. The molecule has 0 saturated carbocycles. The molecule has 0 aromatic heterocycles. The number of nitrogen functional groups attached to an aromatic ring is 1. The van der Waals surface area contributed by atoms with Crippen LogP contribution < -0.4 is 5.73 Å². The van der Waals surface area contributed by atoms with Crippen LogP contribution in [0.4, 0.5) is 5.69 Å². The number of hydrogen-bond acceptors (Lipinski definition) is 4. The van der Waals surface area contributed by atoms with Crippen LogP contribution in [0.2, 0.25) is 0 Å². The number of anilines is 1. The van der Waals surface area contributed by atoms with Gasteiger partial charge in [-0.15, -0.1) is 0 Å². The SMILES string of the molecule is CCCS(=O)(=O)CCN(C)Cc1ccccc1N. The predicted molar refractivity (Wildman–Crippen MR) is 76.1 cm³/mol. The fourth-order valence-corrected chi connectivity index (χ4v) is 3.17. The van der Waals surface area contributed by atoms with E-state index in [0.29, 0.717) is 19.5 Å². The maximum Gasteiger partial charge on any atom is 0.151 e. The standard InChI is InChI=1S/C13H22N2O2S/c1-3-9-18(16,17)10-8-15(2)11-12-6-4-5-7-13(12)14/h4-7H,3,8-11,14H2,1-2H3. The Balaban J connectivity index is 2.48. The zero-order valence-corrected chi connectivity index (χ0v) is 11.9. The van der Waals surface area contributed by atoms with Crippen LogP contribution in [0.15, 0.2) is 24.3 Å². The number of hydrogen-bond donors (Lipinski definition) is 1. The van der Waals surface area contributed by atoms with Crippen LogP contribution in [0.25, 0.3) is 0 Å². The molecule has 0 atom stereocenters. The van der Waals surface area contributed by atoms with Crippen molar-refractivity contribution in [2.75, 3.05) is 30.8 Å². The lowest BCUT2D eigenvalue weighted by Crippen LogP contribution is -2.26. The molecule has 0 bridgehead atoms. The van der Waals surface area contributed by atoms with Crippen molar-refractivity contribution in [3.63, 3.8) is 0 Å². The van der Waals surface area contributed by atoms with Gasteiger partial charge in [0.2, 0.25) is 0 Å². The van der Waals surface area contributed by atoms with Gasteiger partial charge in [-0.3, -0.25) is 0 Å². The minimum Gasteiger partial charge on any atom is -0.398 e. The fraction of sp³-hybridized carbons (Fsp3) is 0.538. The van der Waals surface area contributed by atoms with Gasteiger partial charge in [-0.1, -0.05) is 25.1 Å². The molecule has 0 amide bonds. The van der Waals surface area contributed by atoms with E-state index in [4.69, 9.17) is 5.73 Å². The molecule has 0 radical (unpaired) electrons. The maximum atomic E-state index is 11.6. The summed E-state index contributed by atoms with van der Waals surface area (Å²) in [6.45, 7) is 3.09. The van der Waals surface area contributed by atoms with Crippen molar-refractivity contribution < 1.29 is 8.42 Å². The summed E-state index contributed by atoms with van der Waals surface area (Å²) in [7, 11) is -0.991. The molecule has 0 spiro atoms. The van der Waals surface area contributed by atoms with Crippen molar-refractivity contribution >= 4 is 15.5 Å². The van der Waals surface area contributed by atoms with Crippen molar-refractivity contribution in [2.24, 2.45) is 0 Å². The molecule has 0 aliphatic heterocycles. The highest BCUT2D eigenvalue weighted by atomic mass is 32.2. The van der Waals surface area contributed by atoms with E-state index in [-0.39, 0.29) is 11.5 Å². The van der Waals surface area contributed by atoms with Gasteiger partial charge in [-0.2, -0.15) is 0 Å². The number of para-hydroxylation sites is 1. The van der Waals surface area contributed by atoms with Gasteiger partial charge in [0.15, 0.2) is 9.84 Å². The van der Waals surface area contributed by atoms with Crippen LogP contribution in [0.1, 0.15) is 18.9 Å². The van der Waals surface area contributed by atoms with E-state index in [1.54, 1.807) is 0 Å². The first kappa shape index (κ1) is 15.0. The molecule has 1 aromatic rings. The first-order chi connectivity index (χ1) is 8.44. The average molecular weight is 270 g/mol. The number of rotatable bonds is 7. The molecular formula is C13H22N2O2S. The normalized spacial score (nSPS) is 11.9. The molecule has 1 rings (SSSR count). The summed E-state index contributed by atoms with van der Waals surface area (Å²) < 4.78 is 23.2. The Labute approximate surface area is 110 Å². The highest BCUT2D eigenvalue weighted by Gasteiger charge is 2.11. The molecule has 102 valence electrons. The van der Waals surface area contributed by atoms with Gasteiger partial charge in [0.1, 0.15) is 0 Å². The third-order valence-corrected chi connectivity index (χ3v) is 4.63. The predicted octanol–water partition coefficient (Wildman–Crippen LogP) is 1.53. The van der Waals surface area contributed by atoms with Crippen LogP contribution in [0.5, 0.6) is 0 Å². The molecule has 18 heavy (non-hydrogen) atoms. The second-order valence-corrected chi connectivity index (χ2v) is 6.89. The van der Waals surface area contributed by atoms with Crippen molar-refractivity contribution in [2.45, 2.75) is 19.9 Å². The number of sulfone groups is 1. The van der Waals surface area contributed by atoms with Gasteiger partial charge < -0.3 is 10.6 Å². The maximum absolute atomic E-state index is 11.6. The summed E-state index contributed by atoms with van der Waals surface area (Å²) in [5.41, 5.74) is 7.64. The zero-order chi connectivity index (χ0) is 13.6. The van der Waals surface area contributed by atoms with Crippen molar-refractivity contribution in [1.82, 2.24) is 4.90 Å². The Kier molecular flexibility index (Phi) is 5.62. The van der Waals surface area contributed by atoms with E-state index in [2.05, 4.69) is 0 Å². The first-order valence-electron chi connectivity index (χ1n) is 6.17. The molecule has 0 heterocycles. The summed E-state index contributed by atoms with van der Waals surface area (Å²) >= 11 is 0. The van der Waals surface area contributed by atoms with Gasteiger partial charge in [0.25, 0.3) is 0 Å². The molecule has 0 unspecified atom stereocenters. The lowest BCUT2D eigenvalue weighted by Gasteiger charge is -2.17. The van der Waals surface area contributed by atoms with E-state index < -0.39 is 9.84 Å². The summed E-state index contributed by atoms with van der Waals surface area (Å²) in [5, 5.41) is 0. The fourth-order valence-electron chi connectivity index (χ4n) is 1.76. The summed E-state index contributed by atoms with van der Waals surface area (Å²) in [5.74, 6) is 0.485. The van der Waals surface area contributed by atoms with Crippen molar-refractivity contribution in [1.29, 1.82) is 0 Å². The van der Waals surface area contributed by atoms with Crippen LogP contribution in [0, 0.1) is 0 Å². The first-order valence-corrected chi connectivity index (χ1v) is 7.99. The van der Waals surface area contributed by atoms with E-state index in [0.717, 1.165) is 11.3 Å². The third kappa shape index (κ3) is 5.06. The third-order valence-electron chi connectivity index (χ3n) is 2.79. The van der Waals surface area contributed by atoms with Gasteiger partial charge in [0, 0.05) is 24.5 Å². The van der Waals surface area contributed by atoms with Gasteiger partial charge in [-0.25, -0.2) is 8.42 Å². The van der Waals surface area contributed by atoms with E-state index in [9.17, 15) is 8.42 Å². The van der Waals surface area contributed by atoms with E-state index >= 15 is 0 Å². The Morgan fingerprint density at radius 3 is 2.50 bits per heavy atom. The molecule has 0 saturated heterocycles. The summed E-state index contributed by atoms with van der Waals surface area (Å²) in [4.78, 5) is 1.99. The smallest absolute Gasteiger partial charge is 0.151 e. The minimum absolute atomic E-state index is 0.212. The van der Waals surface area contributed by atoms with Crippen molar-refractivity contribution in [3.8, 4) is 0 Å². The molecule has 0 aliphatic carbocycles. The lowest BCUT2D eigenvalue weighted by molar-refractivity contribution is 0.346. The zero-order valence-electron chi connectivity index (χ0n) is 11.1. The number of nitrogens with two attached hydrogens (primary N) is 1. The largest absolute Gasteiger partial charge is 0.398 e. The lowest BCUT2D eigenvalue weighted by atomic mass is 10.2. The van der Waals surface area contributed by atoms with E-state index in [1.165, 1.54) is 0 Å². The monoisotopic (exact) mass is 270 g/mol. The van der Waals surface area contributed by atoms with Crippen LogP contribution in [0.3, 0.4) is 0 Å². The van der Waals surface area contributed by atoms with Gasteiger partial charge in [0.05, 0.1) is 5.75 Å². The van der Waals surface area contributed by atoms with E-state index in [1.807, 2.05) is 43.1 Å². The number of benzene rings is 1. The second-order valence-electron chi connectivity index (χ2n) is 4.59. The Morgan fingerprint density at radius 1 is 1.22 bits per heavy atom. The summed E-state index contributed by atoms with van der Waals surface area (Å²) in [6.07, 6.45) is 0.678. The molecule has 2 N–H and O–H groups in total. The van der Waals surface area contributed by atoms with Crippen LogP contribution in [-0.4, -0.2) is 38.4 Å². The van der Waals surface area contributed by atoms with Gasteiger partial charge in [-0.05, 0) is 25.1 Å². The van der Waals surface area contributed by atoms with Crippen LogP contribution >= 0.6 is 0 Å². The highest BCUT2D eigenvalue weighted by molar-refractivity contribution is 7.91. The highest BCUT2D eigenvalue weighted by Crippen LogP contribution is 2.12. The molecule has 0 aliphatic rings. The van der Waals surface area contributed by atoms with Crippen LogP contribution in [-0.2, 0) is 16.4 Å². The molecule has 4 nitrogen and oxygen atoms in total. The molecule has 1 aromatic carbocycles.